The number of hydrogen-bond acceptors (Lipinski definition) is 2. The summed E-state index contributed by atoms with van der Waals surface area (Å²) in [6.45, 7) is 0.239. The molecule has 2 rings (SSSR count). The van der Waals surface area contributed by atoms with Crippen molar-refractivity contribution in [3.63, 3.8) is 0 Å². The molecule has 0 unspecified atom stereocenters. The van der Waals surface area contributed by atoms with Crippen molar-refractivity contribution in [1.29, 1.82) is 5.26 Å². The van der Waals surface area contributed by atoms with E-state index in [1.54, 1.807) is 22.9 Å². The van der Waals surface area contributed by atoms with E-state index < -0.39 is 0 Å². The van der Waals surface area contributed by atoms with Gasteiger partial charge in [0, 0.05) is 11.8 Å². The summed E-state index contributed by atoms with van der Waals surface area (Å²) < 4.78 is 15.2. The van der Waals surface area contributed by atoms with Crippen molar-refractivity contribution in [2.45, 2.75) is 6.54 Å². The van der Waals surface area contributed by atoms with Crippen LogP contribution in [0.1, 0.15) is 21.6 Å². The van der Waals surface area contributed by atoms with Crippen LogP contribution < -0.4 is 0 Å². The van der Waals surface area contributed by atoms with Crippen LogP contribution in [0.2, 0.25) is 0 Å². The van der Waals surface area contributed by atoms with Crippen LogP contribution in [-0.4, -0.2) is 10.9 Å². The largest absolute Gasteiger partial charge is 0.341 e. The van der Waals surface area contributed by atoms with Gasteiger partial charge in [-0.15, -0.1) is 0 Å². The standard InChI is InChI=1S/C13H9FN2O/c14-13-4-3-10(7-15)6-11(13)8-16-5-1-2-12(16)9-17/h1-6,9H,8H2. The molecule has 0 fully saturated rings. The van der Waals surface area contributed by atoms with E-state index in [-0.39, 0.29) is 12.4 Å². The first kappa shape index (κ1) is 11.1. The molecule has 1 heterocycles. The first-order valence-corrected chi connectivity index (χ1v) is 5.03. The molecule has 0 aliphatic carbocycles. The monoisotopic (exact) mass is 228 g/mol. The van der Waals surface area contributed by atoms with E-state index >= 15 is 0 Å². The molecule has 0 aliphatic rings. The first-order chi connectivity index (χ1) is 8.24. The summed E-state index contributed by atoms with van der Waals surface area (Å²) in [6, 6.07) is 9.50. The fraction of sp³-hybridized carbons (Fsp3) is 0.0769. The topological polar surface area (TPSA) is 45.8 Å². The smallest absolute Gasteiger partial charge is 0.166 e. The Morgan fingerprint density at radius 3 is 2.94 bits per heavy atom. The van der Waals surface area contributed by atoms with E-state index in [4.69, 9.17) is 5.26 Å². The highest BCUT2D eigenvalue weighted by Crippen LogP contribution is 2.13. The second-order valence-electron chi connectivity index (χ2n) is 3.60. The van der Waals surface area contributed by atoms with Gasteiger partial charge in [0.2, 0.25) is 0 Å². The summed E-state index contributed by atoms with van der Waals surface area (Å²) >= 11 is 0. The molecule has 1 aromatic carbocycles. The number of nitrogens with zero attached hydrogens (tertiary/aromatic N) is 2. The molecule has 0 aliphatic heterocycles. The zero-order chi connectivity index (χ0) is 12.3. The van der Waals surface area contributed by atoms with Crippen LogP contribution in [0.5, 0.6) is 0 Å². The third-order valence-corrected chi connectivity index (χ3v) is 2.50. The zero-order valence-electron chi connectivity index (χ0n) is 8.93. The van der Waals surface area contributed by atoms with Gasteiger partial charge in [-0.25, -0.2) is 4.39 Å². The predicted molar refractivity (Wildman–Crippen MR) is 60.0 cm³/mol. The number of hydrogen-bond donors (Lipinski definition) is 0. The lowest BCUT2D eigenvalue weighted by Crippen LogP contribution is -2.04. The summed E-state index contributed by atoms with van der Waals surface area (Å²) in [4.78, 5) is 10.7. The minimum atomic E-state index is -0.380. The van der Waals surface area contributed by atoms with Crippen molar-refractivity contribution in [3.8, 4) is 6.07 Å². The minimum absolute atomic E-state index is 0.239. The van der Waals surface area contributed by atoms with Crippen LogP contribution in [0.4, 0.5) is 4.39 Å². The summed E-state index contributed by atoms with van der Waals surface area (Å²) in [5, 5.41) is 8.74. The van der Waals surface area contributed by atoms with E-state index in [0.29, 0.717) is 23.1 Å². The third kappa shape index (κ3) is 2.23. The highest BCUT2D eigenvalue weighted by Gasteiger charge is 2.06. The highest BCUT2D eigenvalue weighted by molar-refractivity contribution is 5.72. The lowest BCUT2D eigenvalue weighted by molar-refractivity contribution is 0.111. The van der Waals surface area contributed by atoms with Gasteiger partial charge in [-0.05, 0) is 30.3 Å². The molecule has 3 nitrogen and oxygen atoms in total. The first-order valence-electron chi connectivity index (χ1n) is 5.03. The summed E-state index contributed by atoms with van der Waals surface area (Å²) in [5.74, 6) is -0.380. The molecule has 2 aromatic rings. The van der Waals surface area contributed by atoms with E-state index in [2.05, 4.69) is 0 Å². The summed E-state index contributed by atoms with van der Waals surface area (Å²) in [6.07, 6.45) is 2.41. The van der Waals surface area contributed by atoms with Crippen LogP contribution in [0.25, 0.3) is 0 Å². The van der Waals surface area contributed by atoms with Crippen LogP contribution >= 0.6 is 0 Å². The van der Waals surface area contributed by atoms with Crippen LogP contribution in [-0.2, 0) is 6.54 Å². The van der Waals surface area contributed by atoms with Gasteiger partial charge >= 0.3 is 0 Å². The molecule has 0 N–H and O–H groups in total. The second kappa shape index (κ2) is 4.62. The number of rotatable bonds is 3. The van der Waals surface area contributed by atoms with Gasteiger partial charge in [0.25, 0.3) is 0 Å². The quantitative estimate of drug-likeness (QED) is 0.757. The van der Waals surface area contributed by atoms with Gasteiger partial charge in [-0.3, -0.25) is 4.79 Å². The van der Waals surface area contributed by atoms with Gasteiger partial charge in [-0.2, -0.15) is 5.26 Å². The average Bonchev–Trinajstić information content (AvgIpc) is 2.79. The fourth-order valence-corrected chi connectivity index (χ4v) is 1.63. The number of halogens is 1. The number of aldehydes is 1. The van der Waals surface area contributed by atoms with Crippen LogP contribution in [0, 0.1) is 17.1 Å². The molecule has 0 saturated heterocycles. The van der Waals surface area contributed by atoms with Gasteiger partial charge in [0.1, 0.15) is 5.82 Å². The molecule has 0 saturated carbocycles. The van der Waals surface area contributed by atoms with E-state index in [1.165, 1.54) is 18.2 Å². The SMILES string of the molecule is N#Cc1ccc(F)c(Cn2cccc2C=O)c1. The molecule has 4 heteroatoms. The Bertz CT molecular complexity index is 596. The van der Waals surface area contributed by atoms with Crippen molar-refractivity contribution in [2.24, 2.45) is 0 Å². The van der Waals surface area contributed by atoms with E-state index in [1.807, 2.05) is 6.07 Å². The van der Waals surface area contributed by atoms with E-state index in [9.17, 15) is 9.18 Å². The molecule has 0 bridgehead atoms. The molecule has 0 radical (unpaired) electrons. The maximum absolute atomic E-state index is 13.5. The molecular weight excluding hydrogens is 219 g/mol. The lowest BCUT2D eigenvalue weighted by atomic mass is 10.1. The minimum Gasteiger partial charge on any atom is -0.341 e. The number of aromatic nitrogens is 1. The molecule has 0 spiro atoms. The van der Waals surface area contributed by atoms with Crippen molar-refractivity contribution in [1.82, 2.24) is 4.57 Å². The maximum Gasteiger partial charge on any atom is 0.166 e. The molecule has 17 heavy (non-hydrogen) atoms. The normalized spacial score (nSPS) is 9.88. The van der Waals surface area contributed by atoms with Crippen molar-refractivity contribution in [2.75, 3.05) is 0 Å². The Morgan fingerprint density at radius 2 is 2.24 bits per heavy atom. The summed E-state index contributed by atoms with van der Waals surface area (Å²) in [7, 11) is 0. The number of benzene rings is 1. The van der Waals surface area contributed by atoms with Crippen molar-refractivity contribution in [3.05, 3.63) is 59.2 Å². The van der Waals surface area contributed by atoms with Crippen LogP contribution in [0.15, 0.2) is 36.5 Å². The lowest BCUT2D eigenvalue weighted by Gasteiger charge is -2.07. The van der Waals surface area contributed by atoms with Crippen molar-refractivity contribution >= 4 is 6.29 Å². The Hall–Kier alpha value is -2.41. The Kier molecular flexibility index (Phi) is 3.01. The molecule has 0 amide bonds. The Balaban J connectivity index is 2.36. The Morgan fingerprint density at radius 1 is 1.41 bits per heavy atom. The Labute approximate surface area is 97.7 Å². The molecular formula is C13H9FN2O. The number of carbonyl (C=O) groups is 1. The third-order valence-electron chi connectivity index (χ3n) is 2.50. The highest BCUT2D eigenvalue weighted by atomic mass is 19.1. The van der Waals surface area contributed by atoms with Crippen molar-refractivity contribution < 1.29 is 9.18 Å². The van der Waals surface area contributed by atoms with Gasteiger partial charge in [0.15, 0.2) is 6.29 Å². The molecule has 84 valence electrons. The predicted octanol–water partition coefficient (Wildman–Crippen LogP) is 2.36. The zero-order valence-corrected chi connectivity index (χ0v) is 8.93. The van der Waals surface area contributed by atoms with Gasteiger partial charge in [0.05, 0.1) is 23.9 Å². The molecule has 0 atom stereocenters. The number of nitriles is 1. The second-order valence-corrected chi connectivity index (χ2v) is 3.60. The summed E-state index contributed by atoms with van der Waals surface area (Å²) in [5.41, 5.74) is 1.27. The molecule has 1 aromatic heterocycles. The van der Waals surface area contributed by atoms with Crippen LogP contribution in [0.3, 0.4) is 0 Å². The van der Waals surface area contributed by atoms with Gasteiger partial charge < -0.3 is 4.57 Å². The number of carbonyl (C=O) groups excluding carboxylic acids is 1. The van der Waals surface area contributed by atoms with E-state index in [0.717, 1.165) is 0 Å². The maximum atomic E-state index is 13.5. The fourth-order valence-electron chi connectivity index (χ4n) is 1.63. The average molecular weight is 228 g/mol. The van der Waals surface area contributed by atoms with Gasteiger partial charge in [-0.1, -0.05) is 0 Å².